The number of hydrogen-bond donors (Lipinski definition) is 3. The number of nitrogens with one attached hydrogen (secondary N) is 2. The van der Waals surface area contributed by atoms with Crippen molar-refractivity contribution < 1.29 is 0 Å². The molecule has 0 fully saturated rings. The van der Waals surface area contributed by atoms with E-state index in [1.165, 1.54) is 0 Å². The highest BCUT2D eigenvalue weighted by molar-refractivity contribution is 7.80. The van der Waals surface area contributed by atoms with E-state index in [1.807, 2.05) is 54.6 Å². The molecule has 0 aliphatic heterocycles. The van der Waals surface area contributed by atoms with Crippen LogP contribution in [-0.2, 0) is 0 Å². The predicted molar refractivity (Wildman–Crippen MR) is 80.0 cm³/mol. The average Bonchev–Trinajstić information content (AvgIpc) is 2.33. The van der Waals surface area contributed by atoms with E-state index in [2.05, 4.69) is 23.3 Å². The monoisotopic (exact) mass is 260 g/mol. The Hall–Kier alpha value is -1.52. The lowest BCUT2D eigenvalue weighted by Crippen LogP contribution is -2.18. The van der Waals surface area contributed by atoms with Crippen molar-refractivity contribution in [2.24, 2.45) is 0 Å². The Morgan fingerprint density at radius 3 is 1.94 bits per heavy atom. The lowest BCUT2D eigenvalue weighted by molar-refractivity contribution is 1.47. The number of para-hydroxylation sites is 1. The van der Waals surface area contributed by atoms with E-state index in [1.54, 1.807) is 0 Å². The highest BCUT2D eigenvalue weighted by Gasteiger charge is 1.97. The first-order valence-electron chi connectivity index (χ1n) is 5.16. The van der Waals surface area contributed by atoms with Gasteiger partial charge in [-0.25, -0.2) is 0 Å². The van der Waals surface area contributed by atoms with Gasteiger partial charge in [-0.1, -0.05) is 18.2 Å². The minimum atomic E-state index is 0.572. The summed E-state index contributed by atoms with van der Waals surface area (Å²) in [6.45, 7) is 0. The third kappa shape index (κ3) is 3.76. The van der Waals surface area contributed by atoms with Gasteiger partial charge in [0, 0.05) is 16.3 Å². The molecule has 0 aromatic heterocycles. The number of hydrogen-bond acceptors (Lipinski definition) is 2. The first kappa shape index (κ1) is 12.0. The summed E-state index contributed by atoms with van der Waals surface area (Å²) in [5.74, 6) is 0. The molecule has 2 aromatic carbocycles. The molecule has 0 heterocycles. The van der Waals surface area contributed by atoms with Gasteiger partial charge in [-0.15, -0.1) is 12.6 Å². The summed E-state index contributed by atoms with van der Waals surface area (Å²) >= 11 is 9.44. The summed E-state index contributed by atoms with van der Waals surface area (Å²) in [6, 6.07) is 17.5. The zero-order valence-electron chi connectivity index (χ0n) is 9.05. The molecule has 0 aliphatic carbocycles. The van der Waals surface area contributed by atoms with Crippen LogP contribution in [0.3, 0.4) is 0 Å². The van der Waals surface area contributed by atoms with Crippen LogP contribution in [0.1, 0.15) is 0 Å². The lowest BCUT2D eigenvalue weighted by Gasteiger charge is -2.10. The van der Waals surface area contributed by atoms with Crippen molar-refractivity contribution in [1.82, 2.24) is 0 Å². The van der Waals surface area contributed by atoms with Crippen molar-refractivity contribution in [3.8, 4) is 0 Å². The van der Waals surface area contributed by atoms with Crippen molar-refractivity contribution in [3.05, 3.63) is 54.6 Å². The summed E-state index contributed by atoms with van der Waals surface area (Å²) in [6.07, 6.45) is 0. The molecular formula is C13H12N2S2. The van der Waals surface area contributed by atoms with E-state index in [4.69, 9.17) is 12.2 Å². The molecule has 0 spiro atoms. The number of benzene rings is 2. The maximum Gasteiger partial charge on any atom is 0.175 e. The zero-order valence-corrected chi connectivity index (χ0v) is 10.8. The molecule has 2 aromatic rings. The van der Waals surface area contributed by atoms with Gasteiger partial charge in [0.05, 0.1) is 0 Å². The van der Waals surface area contributed by atoms with E-state index >= 15 is 0 Å². The Kier molecular flexibility index (Phi) is 4.01. The summed E-state index contributed by atoms with van der Waals surface area (Å²) in [5, 5.41) is 6.78. The Morgan fingerprint density at radius 2 is 1.35 bits per heavy atom. The molecule has 0 saturated carbocycles. The van der Waals surface area contributed by atoms with E-state index in [-0.39, 0.29) is 0 Å². The standard InChI is InChI=1S/C13H12N2S2/c16-12-8-6-11(7-9-12)15-13(17)14-10-4-2-1-3-5-10/h1-9,16H,(H2,14,15,17). The molecular weight excluding hydrogens is 248 g/mol. The van der Waals surface area contributed by atoms with Crippen molar-refractivity contribution in [2.45, 2.75) is 4.90 Å². The van der Waals surface area contributed by atoms with Crippen LogP contribution in [0.25, 0.3) is 0 Å². The van der Waals surface area contributed by atoms with Crippen molar-refractivity contribution in [3.63, 3.8) is 0 Å². The third-order valence-corrected chi connectivity index (χ3v) is 2.66. The molecule has 2 nitrogen and oxygen atoms in total. The van der Waals surface area contributed by atoms with Gasteiger partial charge >= 0.3 is 0 Å². The first-order valence-corrected chi connectivity index (χ1v) is 6.02. The number of anilines is 2. The Morgan fingerprint density at radius 1 is 0.824 bits per heavy atom. The molecule has 0 radical (unpaired) electrons. The predicted octanol–water partition coefficient (Wildman–Crippen LogP) is 3.78. The van der Waals surface area contributed by atoms with Crippen molar-refractivity contribution in [1.29, 1.82) is 0 Å². The van der Waals surface area contributed by atoms with E-state index in [0.29, 0.717) is 5.11 Å². The van der Waals surface area contributed by atoms with Crippen LogP contribution in [0.15, 0.2) is 59.5 Å². The normalized spacial score (nSPS) is 9.71. The van der Waals surface area contributed by atoms with Crippen LogP contribution in [0.4, 0.5) is 11.4 Å². The summed E-state index contributed by atoms with van der Waals surface area (Å²) < 4.78 is 0. The number of thiol groups is 1. The molecule has 17 heavy (non-hydrogen) atoms. The van der Waals surface area contributed by atoms with Crippen LogP contribution in [0.2, 0.25) is 0 Å². The second-order valence-electron chi connectivity index (χ2n) is 3.49. The highest BCUT2D eigenvalue weighted by atomic mass is 32.1. The molecule has 0 aliphatic rings. The minimum absolute atomic E-state index is 0.572. The van der Waals surface area contributed by atoms with Gasteiger partial charge in [0.25, 0.3) is 0 Å². The summed E-state index contributed by atoms with van der Waals surface area (Å²) in [4.78, 5) is 0.928. The highest BCUT2D eigenvalue weighted by Crippen LogP contribution is 2.13. The fourth-order valence-corrected chi connectivity index (χ4v) is 1.74. The topological polar surface area (TPSA) is 24.1 Å². The van der Waals surface area contributed by atoms with Gasteiger partial charge in [-0.3, -0.25) is 0 Å². The Balaban J connectivity index is 1.96. The van der Waals surface area contributed by atoms with Crippen LogP contribution in [-0.4, -0.2) is 5.11 Å². The van der Waals surface area contributed by atoms with Gasteiger partial charge in [0.1, 0.15) is 0 Å². The minimum Gasteiger partial charge on any atom is -0.332 e. The fraction of sp³-hybridized carbons (Fsp3) is 0. The van der Waals surface area contributed by atoms with Gasteiger partial charge < -0.3 is 10.6 Å². The van der Waals surface area contributed by atoms with Crippen LogP contribution < -0.4 is 10.6 Å². The molecule has 2 rings (SSSR count). The van der Waals surface area contributed by atoms with E-state index in [0.717, 1.165) is 16.3 Å². The Bertz CT molecular complexity index is 495. The zero-order chi connectivity index (χ0) is 12.1. The summed E-state index contributed by atoms with van der Waals surface area (Å²) in [5.41, 5.74) is 1.91. The maximum atomic E-state index is 5.21. The second kappa shape index (κ2) is 5.70. The molecule has 0 unspecified atom stereocenters. The average molecular weight is 260 g/mol. The smallest absolute Gasteiger partial charge is 0.175 e. The Labute approximate surface area is 111 Å². The van der Waals surface area contributed by atoms with Crippen molar-refractivity contribution >= 4 is 41.3 Å². The number of thiocarbonyl (C=S) groups is 1. The van der Waals surface area contributed by atoms with Gasteiger partial charge in [-0.05, 0) is 48.6 Å². The molecule has 4 heteroatoms. The fourth-order valence-electron chi connectivity index (χ4n) is 1.36. The first-order chi connectivity index (χ1) is 8.24. The third-order valence-electron chi connectivity index (χ3n) is 2.16. The molecule has 86 valence electrons. The second-order valence-corrected chi connectivity index (χ2v) is 4.42. The molecule has 0 saturated heterocycles. The van der Waals surface area contributed by atoms with Crippen LogP contribution >= 0.6 is 24.8 Å². The van der Waals surface area contributed by atoms with Gasteiger partial charge in [-0.2, -0.15) is 0 Å². The molecule has 0 atom stereocenters. The molecule has 2 N–H and O–H groups in total. The van der Waals surface area contributed by atoms with Crippen LogP contribution in [0, 0.1) is 0 Å². The SMILES string of the molecule is S=C(Nc1ccccc1)Nc1ccc(S)cc1. The quantitative estimate of drug-likeness (QED) is 0.566. The molecule has 0 bridgehead atoms. The molecule has 0 amide bonds. The van der Waals surface area contributed by atoms with E-state index < -0.39 is 0 Å². The van der Waals surface area contributed by atoms with Crippen LogP contribution in [0.5, 0.6) is 0 Å². The number of rotatable bonds is 2. The van der Waals surface area contributed by atoms with E-state index in [9.17, 15) is 0 Å². The largest absolute Gasteiger partial charge is 0.332 e. The maximum absolute atomic E-state index is 5.21. The van der Waals surface area contributed by atoms with Gasteiger partial charge in [0.2, 0.25) is 0 Å². The lowest BCUT2D eigenvalue weighted by atomic mass is 10.3. The van der Waals surface area contributed by atoms with Gasteiger partial charge in [0.15, 0.2) is 5.11 Å². The summed E-state index contributed by atoms with van der Waals surface area (Å²) in [7, 11) is 0. The van der Waals surface area contributed by atoms with Crippen molar-refractivity contribution in [2.75, 3.05) is 10.6 Å².